The predicted octanol–water partition coefficient (Wildman–Crippen LogP) is 5.68. The fraction of sp³-hybridized carbons (Fsp3) is 0.933. The molecule has 5 heteroatoms. The molecule has 2 heterocycles. The van der Waals surface area contributed by atoms with E-state index >= 15 is 0 Å². The van der Waals surface area contributed by atoms with Crippen molar-refractivity contribution in [2.75, 3.05) is 46.3 Å². The van der Waals surface area contributed by atoms with Gasteiger partial charge in [-0.15, -0.1) is 0 Å². The average Bonchev–Trinajstić information content (AvgIpc) is 2.81. The smallest absolute Gasteiger partial charge is 0.227 e. The van der Waals surface area contributed by atoms with Gasteiger partial charge in [-0.25, -0.2) is 0 Å². The van der Waals surface area contributed by atoms with E-state index in [0.29, 0.717) is 23.1 Å². The monoisotopic (exact) mass is 489 g/mol. The van der Waals surface area contributed by atoms with Crippen LogP contribution < -0.4 is 0 Å². The second-order valence-electron chi connectivity index (χ2n) is 14.2. The summed E-state index contributed by atoms with van der Waals surface area (Å²) in [5.41, 5.74) is 0.109. The SMILES string of the molecule is CN(CCC1CCN(C(=O)C2CCC(C(C)(C)C)CC2)CC1)CC1CCN(C(=O)C(C)(C)C)CC1. The molecule has 0 N–H and O–H groups in total. The van der Waals surface area contributed by atoms with Crippen LogP contribution in [-0.2, 0) is 9.59 Å². The van der Waals surface area contributed by atoms with Crippen LogP contribution in [0, 0.1) is 34.5 Å². The molecule has 2 amide bonds. The Hall–Kier alpha value is -1.10. The third-order valence-electron chi connectivity index (χ3n) is 9.26. The molecule has 35 heavy (non-hydrogen) atoms. The number of carbonyl (C=O) groups excluding carboxylic acids is 2. The van der Waals surface area contributed by atoms with Crippen LogP contribution in [0.2, 0.25) is 0 Å². The first-order valence-corrected chi connectivity index (χ1v) is 14.6. The molecule has 2 aliphatic heterocycles. The minimum absolute atomic E-state index is 0.268. The fourth-order valence-corrected chi connectivity index (χ4v) is 6.63. The van der Waals surface area contributed by atoms with Crippen molar-refractivity contribution in [3.63, 3.8) is 0 Å². The van der Waals surface area contributed by atoms with Crippen LogP contribution in [0.25, 0.3) is 0 Å². The Balaban J connectivity index is 1.30. The summed E-state index contributed by atoms with van der Waals surface area (Å²) in [6, 6.07) is 0. The number of hydrogen-bond acceptors (Lipinski definition) is 3. The van der Waals surface area contributed by atoms with E-state index in [1.165, 1.54) is 32.1 Å². The van der Waals surface area contributed by atoms with Gasteiger partial charge >= 0.3 is 0 Å². The van der Waals surface area contributed by atoms with Crippen molar-refractivity contribution >= 4 is 11.8 Å². The molecule has 202 valence electrons. The lowest BCUT2D eigenvalue weighted by Gasteiger charge is -2.39. The Labute approximate surface area is 216 Å². The summed E-state index contributed by atoms with van der Waals surface area (Å²) in [5, 5.41) is 0. The van der Waals surface area contributed by atoms with Crippen LogP contribution in [0.4, 0.5) is 0 Å². The first-order chi connectivity index (χ1) is 16.3. The maximum Gasteiger partial charge on any atom is 0.227 e. The minimum Gasteiger partial charge on any atom is -0.342 e. The Morgan fingerprint density at radius 1 is 0.743 bits per heavy atom. The van der Waals surface area contributed by atoms with Gasteiger partial charge in [-0.2, -0.15) is 0 Å². The number of hydrogen-bond donors (Lipinski definition) is 0. The topological polar surface area (TPSA) is 43.9 Å². The number of rotatable bonds is 6. The zero-order valence-corrected chi connectivity index (χ0v) is 24.1. The molecule has 3 rings (SSSR count). The summed E-state index contributed by atoms with van der Waals surface area (Å²) in [6.07, 6.45) is 10.5. The van der Waals surface area contributed by atoms with Crippen molar-refractivity contribution in [3.8, 4) is 0 Å². The standard InChI is InChI=1S/C30H55N3O2/c1-29(2,3)26-10-8-25(9-11-26)27(34)32-18-13-23(14-19-32)12-17-31(7)22-24-15-20-33(21-16-24)28(35)30(4,5)6/h23-26H,8-22H2,1-7H3. The van der Waals surface area contributed by atoms with E-state index in [9.17, 15) is 9.59 Å². The molecule has 0 aromatic heterocycles. The van der Waals surface area contributed by atoms with E-state index in [-0.39, 0.29) is 11.3 Å². The van der Waals surface area contributed by atoms with Crippen LogP contribution in [0.3, 0.4) is 0 Å². The highest BCUT2D eigenvalue weighted by Crippen LogP contribution is 2.40. The van der Waals surface area contributed by atoms with E-state index in [4.69, 9.17) is 0 Å². The molecular weight excluding hydrogens is 434 g/mol. The maximum atomic E-state index is 13.1. The van der Waals surface area contributed by atoms with Crippen molar-refractivity contribution in [3.05, 3.63) is 0 Å². The van der Waals surface area contributed by atoms with Gasteiger partial charge in [0, 0.05) is 44.1 Å². The largest absolute Gasteiger partial charge is 0.342 e. The summed E-state index contributed by atoms with van der Waals surface area (Å²) in [5.74, 6) is 3.26. The fourth-order valence-electron chi connectivity index (χ4n) is 6.63. The van der Waals surface area contributed by atoms with E-state index in [0.717, 1.165) is 76.8 Å². The average molecular weight is 490 g/mol. The highest BCUT2D eigenvalue weighted by Gasteiger charge is 2.35. The van der Waals surface area contributed by atoms with Gasteiger partial charge in [-0.05, 0) is 94.5 Å². The summed E-state index contributed by atoms with van der Waals surface area (Å²) >= 11 is 0. The maximum absolute atomic E-state index is 13.1. The number of nitrogens with zero attached hydrogens (tertiary/aromatic N) is 3. The first kappa shape index (κ1) is 28.5. The Morgan fingerprint density at radius 3 is 1.77 bits per heavy atom. The Bertz CT molecular complexity index is 683. The van der Waals surface area contributed by atoms with Gasteiger partial charge in [-0.1, -0.05) is 41.5 Å². The molecule has 0 unspecified atom stereocenters. The molecular formula is C30H55N3O2. The molecule has 0 atom stereocenters. The van der Waals surface area contributed by atoms with Crippen molar-refractivity contribution in [2.24, 2.45) is 34.5 Å². The highest BCUT2D eigenvalue weighted by molar-refractivity contribution is 5.81. The summed E-state index contributed by atoms with van der Waals surface area (Å²) in [6.45, 7) is 19.2. The van der Waals surface area contributed by atoms with Gasteiger partial charge < -0.3 is 14.7 Å². The van der Waals surface area contributed by atoms with E-state index < -0.39 is 0 Å². The van der Waals surface area contributed by atoms with E-state index in [1.807, 2.05) is 20.8 Å². The molecule has 2 saturated heterocycles. The molecule has 0 spiro atoms. The lowest BCUT2D eigenvalue weighted by Crippen LogP contribution is -2.45. The molecule has 0 radical (unpaired) electrons. The van der Waals surface area contributed by atoms with Crippen LogP contribution in [-0.4, -0.2) is 72.8 Å². The Kier molecular flexibility index (Phi) is 9.73. The Morgan fingerprint density at radius 2 is 1.26 bits per heavy atom. The number of piperidine rings is 2. The van der Waals surface area contributed by atoms with Crippen LogP contribution in [0.1, 0.15) is 99.3 Å². The van der Waals surface area contributed by atoms with Crippen LogP contribution in [0.15, 0.2) is 0 Å². The number of amides is 2. The summed E-state index contributed by atoms with van der Waals surface area (Å²) < 4.78 is 0. The molecule has 0 aromatic rings. The summed E-state index contributed by atoms with van der Waals surface area (Å²) in [4.78, 5) is 32.4. The molecule has 3 fully saturated rings. The molecule has 0 bridgehead atoms. The minimum atomic E-state index is -0.268. The van der Waals surface area contributed by atoms with Crippen molar-refractivity contribution < 1.29 is 9.59 Å². The van der Waals surface area contributed by atoms with Gasteiger partial charge in [0.2, 0.25) is 11.8 Å². The third kappa shape index (κ3) is 8.20. The number of carbonyl (C=O) groups is 2. The quantitative estimate of drug-likeness (QED) is 0.482. The second kappa shape index (κ2) is 12.0. The molecule has 1 saturated carbocycles. The van der Waals surface area contributed by atoms with Crippen LogP contribution in [0.5, 0.6) is 0 Å². The van der Waals surface area contributed by atoms with Gasteiger partial charge in [0.1, 0.15) is 0 Å². The van der Waals surface area contributed by atoms with Gasteiger partial charge in [0.15, 0.2) is 0 Å². The predicted molar refractivity (Wildman–Crippen MR) is 145 cm³/mol. The van der Waals surface area contributed by atoms with E-state index in [2.05, 4.69) is 42.5 Å². The lowest BCUT2D eigenvalue weighted by atomic mass is 9.69. The van der Waals surface area contributed by atoms with E-state index in [1.54, 1.807) is 0 Å². The first-order valence-electron chi connectivity index (χ1n) is 14.6. The normalized spacial score (nSPS) is 25.8. The van der Waals surface area contributed by atoms with Gasteiger partial charge in [-0.3, -0.25) is 9.59 Å². The van der Waals surface area contributed by atoms with Gasteiger partial charge in [0.25, 0.3) is 0 Å². The molecule has 1 aliphatic carbocycles. The lowest BCUT2D eigenvalue weighted by molar-refractivity contribution is -0.141. The third-order valence-corrected chi connectivity index (χ3v) is 9.26. The number of likely N-dealkylation sites (tertiary alicyclic amines) is 2. The van der Waals surface area contributed by atoms with Crippen molar-refractivity contribution in [1.29, 1.82) is 0 Å². The van der Waals surface area contributed by atoms with Crippen LogP contribution >= 0.6 is 0 Å². The summed E-state index contributed by atoms with van der Waals surface area (Å²) in [7, 11) is 2.26. The molecule has 0 aromatic carbocycles. The molecule has 5 nitrogen and oxygen atoms in total. The second-order valence-corrected chi connectivity index (χ2v) is 14.2. The molecule has 3 aliphatic rings. The zero-order chi connectivity index (χ0) is 25.8. The van der Waals surface area contributed by atoms with Crippen molar-refractivity contribution in [1.82, 2.24) is 14.7 Å². The van der Waals surface area contributed by atoms with Gasteiger partial charge in [0.05, 0.1) is 0 Å². The highest BCUT2D eigenvalue weighted by atomic mass is 16.2. The zero-order valence-electron chi connectivity index (χ0n) is 24.1. The van der Waals surface area contributed by atoms with Crippen molar-refractivity contribution in [2.45, 2.75) is 99.3 Å².